The zero-order valence-electron chi connectivity index (χ0n) is 19.5. The molecule has 0 aliphatic carbocycles. The molecule has 1 atom stereocenters. The molecule has 34 heavy (non-hydrogen) atoms. The van der Waals surface area contributed by atoms with Crippen LogP contribution in [0.25, 0.3) is 0 Å². The van der Waals surface area contributed by atoms with Crippen molar-refractivity contribution in [3.63, 3.8) is 0 Å². The average molecular weight is 479 g/mol. The van der Waals surface area contributed by atoms with Crippen LogP contribution in [0.5, 0.6) is 0 Å². The van der Waals surface area contributed by atoms with Crippen LogP contribution in [-0.2, 0) is 35.1 Å². The Kier molecular flexibility index (Phi) is 12.2. The number of rotatable bonds is 17. The van der Waals surface area contributed by atoms with Crippen molar-refractivity contribution in [2.75, 3.05) is 51.5 Å². The zero-order chi connectivity index (χ0) is 24.8. The second-order valence-electron chi connectivity index (χ2n) is 7.76. The first-order chi connectivity index (χ1) is 16.5. The minimum absolute atomic E-state index is 0.136. The molecule has 1 aromatic carbocycles. The number of benzene rings is 1. The number of hydrogen-bond acceptors (Lipinski definition) is 8. The van der Waals surface area contributed by atoms with Crippen molar-refractivity contribution in [2.24, 2.45) is 5.73 Å². The molecule has 0 saturated carbocycles. The van der Waals surface area contributed by atoms with Crippen molar-refractivity contribution >= 4 is 29.8 Å². The van der Waals surface area contributed by atoms with Crippen LogP contribution < -0.4 is 16.4 Å². The van der Waals surface area contributed by atoms with E-state index in [1.54, 1.807) is 23.1 Å². The van der Waals surface area contributed by atoms with E-state index in [1.807, 2.05) is 6.92 Å². The van der Waals surface area contributed by atoms with Crippen LogP contribution in [0.1, 0.15) is 42.1 Å². The summed E-state index contributed by atoms with van der Waals surface area (Å²) < 4.78 is 16.0. The van der Waals surface area contributed by atoms with Crippen molar-refractivity contribution in [1.82, 2.24) is 10.2 Å². The number of hydrogen-bond donors (Lipinski definition) is 3. The molecule has 1 aromatic rings. The molecule has 11 nitrogen and oxygen atoms in total. The van der Waals surface area contributed by atoms with Gasteiger partial charge in [-0.3, -0.25) is 24.5 Å². The van der Waals surface area contributed by atoms with Gasteiger partial charge in [0.15, 0.2) is 0 Å². The smallest absolute Gasteiger partial charge is 0.254 e. The highest BCUT2D eigenvalue weighted by Gasteiger charge is 2.32. The van der Waals surface area contributed by atoms with E-state index in [0.717, 1.165) is 5.56 Å². The van der Waals surface area contributed by atoms with Crippen LogP contribution in [0.4, 0.5) is 5.69 Å². The Balaban J connectivity index is 1.74. The first-order valence-electron chi connectivity index (χ1n) is 11.4. The number of ether oxygens (including phenoxy) is 3. The molecular weight excluding hydrogens is 444 g/mol. The van der Waals surface area contributed by atoms with Gasteiger partial charge in [0.05, 0.1) is 46.1 Å². The van der Waals surface area contributed by atoms with Crippen molar-refractivity contribution in [3.05, 3.63) is 29.3 Å². The highest BCUT2D eigenvalue weighted by molar-refractivity contribution is 6.02. The SMILES string of the molecule is CC(CCC(=O)NC=O)N1Cc2c(NC(=O)CCOCCOCCOCCN)cccc2C1=O. The summed E-state index contributed by atoms with van der Waals surface area (Å²) in [5.74, 6) is -0.746. The third-order valence-electron chi connectivity index (χ3n) is 5.29. The van der Waals surface area contributed by atoms with Gasteiger partial charge in [-0.1, -0.05) is 6.07 Å². The van der Waals surface area contributed by atoms with E-state index in [4.69, 9.17) is 19.9 Å². The summed E-state index contributed by atoms with van der Waals surface area (Å²) in [6.07, 6.45) is 1.07. The molecule has 11 heteroatoms. The van der Waals surface area contributed by atoms with E-state index in [2.05, 4.69) is 10.6 Å². The largest absolute Gasteiger partial charge is 0.379 e. The van der Waals surface area contributed by atoms with Crippen LogP contribution >= 0.6 is 0 Å². The van der Waals surface area contributed by atoms with Gasteiger partial charge in [-0.15, -0.1) is 0 Å². The monoisotopic (exact) mass is 478 g/mol. The summed E-state index contributed by atoms with van der Waals surface area (Å²) in [6.45, 7) is 5.15. The normalized spacial score (nSPS) is 13.5. The Labute approximate surface area is 199 Å². The molecule has 4 N–H and O–H groups in total. The van der Waals surface area contributed by atoms with Gasteiger partial charge in [0, 0.05) is 42.4 Å². The lowest BCUT2D eigenvalue weighted by Crippen LogP contribution is -2.34. The zero-order valence-corrected chi connectivity index (χ0v) is 19.5. The Morgan fingerprint density at radius 1 is 1.06 bits per heavy atom. The second-order valence-corrected chi connectivity index (χ2v) is 7.76. The first kappa shape index (κ1) is 27.4. The standard InChI is InChI=1S/C23H34N4O7/c1-17(5-6-21(29)25-16-28)27-15-19-18(23(27)31)3-2-4-20(19)26-22(30)7-9-32-11-13-34-14-12-33-10-8-24/h2-4,16-17H,5-15,24H2,1H3,(H,26,30)(H,25,28,29). The molecule has 1 aliphatic heterocycles. The second kappa shape index (κ2) is 15.1. The Morgan fingerprint density at radius 3 is 2.41 bits per heavy atom. The molecule has 1 unspecified atom stereocenters. The maximum absolute atomic E-state index is 12.8. The van der Waals surface area contributed by atoms with Gasteiger partial charge < -0.3 is 30.2 Å². The van der Waals surface area contributed by atoms with E-state index >= 15 is 0 Å². The highest BCUT2D eigenvalue weighted by Crippen LogP contribution is 2.31. The predicted molar refractivity (Wildman–Crippen MR) is 124 cm³/mol. The van der Waals surface area contributed by atoms with Crippen LogP contribution in [0, 0.1) is 0 Å². The van der Waals surface area contributed by atoms with Crippen molar-refractivity contribution in [3.8, 4) is 0 Å². The number of nitrogens with one attached hydrogen (secondary N) is 2. The van der Waals surface area contributed by atoms with E-state index in [9.17, 15) is 19.2 Å². The Bertz CT molecular complexity index is 834. The lowest BCUT2D eigenvalue weighted by molar-refractivity contribution is -0.125. The molecule has 0 fully saturated rings. The van der Waals surface area contributed by atoms with Crippen LogP contribution in [0.3, 0.4) is 0 Å². The number of nitrogens with two attached hydrogens (primary N) is 1. The molecule has 0 radical (unpaired) electrons. The molecule has 2 rings (SSSR count). The summed E-state index contributed by atoms with van der Waals surface area (Å²) in [4.78, 5) is 48.7. The predicted octanol–water partition coefficient (Wildman–Crippen LogP) is 0.421. The average Bonchev–Trinajstić information content (AvgIpc) is 3.16. The van der Waals surface area contributed by atoms with Gasteiger partial charge in [-0.25, -0.2) is 0 Å². The van der Waals surface area contributed by atoms with Crippen LogP contribution in [-0.4, -0.2) is 81.3 Å². The molecule has 1 aliphatic rings. The van der Waals surface area contributed by atoms with E-state index in [1.165, 1.54) is 0 Å². The fourth-order valence-electron chi connectivity index (χ4n) is 3.46. The summed E-state index contributed by atoms with van der Waals surface area (Å²) in [5.41, 5.74) is 7.19. The topological polar surface area (TPSA) is 149 Å². The molecule has 0 bridgehead atoms. The molecule has 1 heterocycles. The van der Waals surface area contributed by atoms with Gasteiger partial charge >= 0.3 is 0 Å². The molecular formula is C23H34N4O7. The fourth-order valence-corrected chi connectivity index (χ4v) is 3.46. The minimum Gasteiger partial charge on any atom is -0.379 e. The lowest BCUT2D eigenvalue weighted by Gasteiger charge is -2.24. The van der Waals surface area contributed by atoms with Gasteiger partial charge in [0.1, 0.15) is 0 Å². The number of carbonyl (C=O) groups is 4. The third kappa shape index (κ3) is 8.82. The molecule has 188 valence electrons. The number of fused-ring (bicyclic) bond motifs is 1. The third-order valence-corrected chi connectivity index (χ3v) is 5.29. The van der Waals surface area contributed by atoms with Crippen LogP contribution in [0.2, 0.25) is 0 Å². The summed E-state index contributed by atoms with van der Waals surface area (Å²) in [5, 5.41) is 4.96. The highest BCUT2D eigenvalue weighted by atomic mass is 16.5. The molecule has 0 aromatic heterocycles. The fraction of sp³-hybridized carbons (Fsp3) is 0.565. The Morgan fingerprint density at radius 2 is 1.74 bits per heavy atom. The number of nitrogens with zero attached hydrogens (tertiary/aromatic N) is 1. The number of carbonyl (C=O) groups excluding carboxylic acids is 4. The molecule has 0 saturated heterocycles. The first-order valence-corrected chi connectivity index (χ1v) is 11.4. The van der Waals surface area contributed by atoms with Crippen LogP contribution in [0.15, 0.2) is 18.2 Å². The van der Waals surface area contributed by atoms with Crippen molar-refractivity contribution < 1.29 is 33.4 Å². The number of amides is 4. The van der Waals surface area contributed by atoms with Crippen molar-refractivity contribution in [1.29, 1.82) is 0 Å². The van der Waals surface area contributed by atoms with Gasteiger partial charge in [0.2, 0.25) is 18.2 Å². The van der Waals surface area contributed by atoms with Gasteiger partial charge in [-0.05, 0) is 25.5 Å². The maximum atomic E-state index is 12.8. The molecule has 0 spiro atoms. The minimum atomic E-state index is -0.385. The summed E-state index contributed by atoms with van der Waals surface area (Å²) >= 11 is 0. The summed E-state index contributed by atoms with van der Waals surface area (Å²) in [6, 6.07) is 5.01. The maximum Gasteiger partial charge on any atom is 0.254 e. The number of anilines is 1. The van der Waals surface area contributed by atoms with Gasteiger partial charge in [-0.2, -0.15) is 0 Å². The van der Waals surface area contributed by atoms with Gasteiger partial charge in [0.25, 0.3) is 5.91 Å². The van der Waals surface area contributed by atoms with Crippen molar-refractivity contribution in [2.45, 2.75) is 38.8 Å². The number of imide groups is 1. The van der Waals surface area contributed by atoms with E-state index in [0.29, 0.717) is 70.2 Å². The van der Waals surface area contributed by atoms with E-state index in [-0.39, 0.29) is 43.2 Å². The van der Waals surface area contributed by atoms with E-state index < -0.39 is 0 Å². The summed E-state index contributed by atoms with van der Waals surface area (Å²) in [7, 11) is 0. The molecule has 4 amide bonds. The Hall–Kier alpha value is -2.86. The lowest BCUT2D eigenvalue weighted by atomic mass is 10.1. The quantitative estimate of drug-likeness (QED) is 0.215.